The molecule has 6 heteroatoms. The van der Waals surface area contributed by atoms with Crippen LogP contribution in [0.3, 0.4) is 0 Å². The van der Waals surface area contributed by atoms with Crippen molar-refractivity contribution in [3.8, 4) is 0 Å². The molecule has 0 spiro atoms. The third-order valence-electron chi connectivity index (χ3n) is 4.02. The third-order valence-corrected chi connectivity index (χ3v) is 4.02. The van der Waals surface area contributed by atoms with Gasteiger partial charge in [0, 0.05) is 39.3 Å². The van der Waals surface area contributed by atoms with E-state index in [1.165, 1.54) is 19.3 Å². The van der Waals surface area contributed by atoms with Gasteiger partial charge in [-0.3, -0.25) is 0 Å². The Labute approximate surface area is 107 Å². The smallest absolute Gasteiger partial charge is 0.231 e. The average Bonchev–Trinajstić information content (AvgIpc) is 2.08. The van der Waals surface area contributed by atoms with Gasteiger partial charge >= 0.3 is 0 Å². The van der Waals surface area contributed by atoms with Crippen LogP contribution >= 0.6 is 0 Å². The van der Waals surface area contributed by atoms with Gasteiger partial charge in [0.05, 0.1) is 0 Å². The van der Waals surface area contributed by atoms with E-state index >= 15 is 0 Å². The summed E-state index contributed by atoms with van der Waals surface area (Å²) in [7, 11) is 0. The van der Waals surface area contributed by atoms with Crippen molar-refractivity contribution < 1.29 is 0 Å². The second kappa shape index (κ2) is 3.96. The zero-order valence-corrected chi connectivity index (χ0v) is 10.5. The summed E-state index contributed by atoms with van der Waals surface area (Å²) in [6, 6.07) is 0. The van der Waals surface area contributed by atoms with Gasteiger partial charge < -0.3 is 14.7 Å². The molecule has 0 radical (unpaired) electrons. The maximum atomic E-state index is 4.62. The normalized spacial score (nSPS) is 22.3. The maximum Gasteiger partial charge on any atom is 0.231 e. The van der Waals surface area contributed by atoms with Crippen LogP contribution in [0.25, 0.3) is 0 Å². The van der Waals surface area contributed by atoms with Crippen LogP contribution in [-0.2, 0) is 0 Å². The van der Waals surface area contributed by atoms with Crippen molar-refractivity contribution >= 4 is 17.8 Å². The molecular formula is C12H18N6. The lowest BCUT2D eigenvalue weighted by molar-refractivity contribution is 0.564. The van der Waals surface area contributed by atoms with E-state index in [-0.39, 0.29) is 0 Å². The van der Waals surface area contributed by atoms with E-state index in [4.69, 9.17) is 0 Å². The average molecular weight is 246 g/mol. The zero-order valence-electron chi connectivity index (χ0n) is 10.5. The molecule has 4 rings (SSSR count). The molecule has 1 aromatic heterocycles. The van der Waals surface area contributed by atoms with Crippen LogP contribution in [0.15, 0.2) is 0 Å². The lowest BCUT2D eigenvalue weighted by Gasteiger charge is -2.36. The highest BCUT2D eigenvalue weighted by Crippen LogP contribution is 2.26. The van der Waals surface area contributed by atoms with Gasteiger partial charge in [0.2, 0.25) is 17.8 Å². The molecule has 0 unspecified atom stereocenters. The quantitative estimate of drug-likeness (QED) is 0.774. The van der Waals surface area contributed by atoms with Crippen LogP contribution in [-0.4, -0.2) is 54.2 Å². The van der Waals surface area contributed by atoms with E-state index in [0.29, 0.717) is 0 Å². The van der Waals surface area contributed by atoms with Gasteiger partial charge in [-0.25, -0.2) is 0 Å². The second-order valence-corrected chi connectivity index (χ2v) is 5.26. The van der Waals surface area contributed by atoms with Gasteiger partial charge in [-0.15, -0.1) is 0 Å². The molecule has 0 amide bonds. The zero-order chi connectivity index (χ0) is 11.9. The molecule has 3 aliphatic rings. The Hall–Kier alpha value is -1.59. The van der Waals surface area contributed by atoms with Gasteiger partial charge in [0.15, 0.2) is 0 Å². The summed E-state index contributed by atoms with van der Waals surface area (Å²) >= 11 is 0. The standard InChI is InChI=1S/C12H18N6/c1-4-16(5-1)10-13-11(17-6-2-7-17)15-12(14-10)18-8-3-9-18/h1-9H2. The lowest BCUT2D eigenvalue weighted by atomic mass is 10.2. The van der Waals surface area contributed by atoms with Crippen LogP contribution in [0.4, 0.5) is 17.8 Å². The molecule has 0 N–H and O–H groups in total. The molecule has 3 aliphatic heterocycles. The minimum atomic E-state index is 0.875. The van der Waals surface area contributed by atoms with Gasteiger partial charge in [0.1, 0.15) is 0 Å². The fraction of sp³-hybridized carbons (Fsp3) is 0.750. The topological polar surface area (TPSA) is 48.4 Å². The van der Waals surface area contributed by atoms with Crippen LogP contribution < -0.4 is 14.7 Å². The minimum absolute atomic E-state index is 0.875. The highest BCUT2D eigenvalue weighted by atomic mass is 15.4. The van der Waals surface area contributed by atoms with E-state index in [9.17, 15) is 0 Å². The van der Waals surface area contributed by atoms with Crippen molar-refractivity contribution in [2.24, 2.45) is 0 Å². The van der Waals surface area contributed by atoms with Gasteiger partial charge in [-0.05, 0) is 19.3 Å². The molecule has 0 aromatic carbocycles. The molecule has 1 aromatic rings. The summed E-state index contributed by atoms with van der Waals surface area (Å²) in [5, 5.41) is 0. The molecule has 6 nitrogen and oxygen atoms in total. The number of rotatable bonds is 3. The predicted octanol–water partition coefficient (Wildman–Crippen LogP) is 0.502. The van der Waals surface area contributed by atoms with Gasteiger partial charge in [-0.2, -0.15) is 15.0 Å². The summed E-state index contributed by atoms with van der Waals surface area (Å²) in [4.78, 5) is 20.6. The number of hydrogen-bond donors (Lipinski definition) is 0. The molecule has 96 valence electrons. The first-order chi connectivity index (χ1) is 8.90. The van der Waals surface area contributed by atoms with E-state index in [1.54, 1.807) is 0 Å². The van der Waals surface area contributed by atoms with Crippen LogP contribution in [0.2, 0.25) is 0 Å². The summed E-state index contributed by atoms with van der Waals surface area (Å²) in [5.74, 6) is 2.63. The fourth-order valence-electron chi connectivity index (χ4n) is 2.32. The Morgan fingerprint density at radius 2 is 0.778 bits per heavy atom. The Kier molecular flexibility index (Phi) is 2.28. The van der Waals surface area contributed by atoms with Crippen molar-refractivity contribution in [1.82, 2.24) is 15.0 Å². The fourth-order valence-corrected chi connectivity index (χ4v) is 2.32. The second-order valence-electron chi connectivity index (χ2n) is 5.26. The van der Waals surface area contributed by atoms with Crippen molar-refractivity contribution in [3.05, 3.63) is 0 Å². The maximum absolute atomic E-state index is 4.62. The Morgan fingerprint density at radius 1 is 0.500 bits per heavy atom. The van der Waals surface area contributed by atoms with Crippen LogP contribution in [0.5, 0.6) is 0 Å². The van der Waals surface area contributed by atoms with Crippen molar-refractivity contribution in [2.45, 2.75) is 19.3 Å². The van der Waals surface area contributed by atoms with E-state index in [1.807, 2.05) is 0 Å². The molecule has 3 saturated heterocycles. The molecular weight excluding hydrogens is 228 g/mol. The third kappa shape index (κ3) is 1.59. The van der Waals surface area contributed by atoms with Crippen molar-refractivity contribution in [1.29, 1.82) is 0 Å². The predicted molar refractivity (Wildman–Crippen MR) is 70.3 cm³/mol. The summed E-state index contributed by atoms with van der Waals surface area (Å²) in [5.41, 5.74) is 0. The highest BCUT2D eigenvalue weighted by Gasteiger charge is 2.26. The van der Waals surface area contributed by atoms with E-state index in [0.717, 1.165) is 57.1 Å². The lowest BCUT2D eigenvalue weighted by Crippen LogP contribution is -2.43. The number of hydrogen-bond acceptors (Lipinski definition) is 6. The molecule has 0 bridgehead atoms. The monoisotopic (exact) mass is 246 g/mol. The first-order valence-electron chi connectivity index (χ1n) is 6.91. The molecule has 0 atom stereocenters. The SMILES string of the molecule is C1CN(c2nc(N3CCC3)nc(N3CCC3)n2)C1. The van der Waals surface area contributed by atoms with E-state index < -0.39 is 0 Å². The van der Waals surface area contributed by atoms with Gasteiger partial charge in [-0.1, -0.05) is 0 Å². The first kappa shape index (κ1) is 10.3. The number of nitrogens with zero attached hydrogens (tertiary/aromatic N) is 6. The van der Waals surface area contributed by atoms with E-state index in [2.05, 4.69) is 29.7 Å². The van der Waals surface area contributed by atoms with Crippen LogP contribution in [0, 0.1) is 0 Å². The van der Waals surface area contributed by atoms with Crippen LogP contribution in [0.1, 0.15) is 19.3 Å². The highest BCUT2D eigenvalue weighted by molar-refractivity contribution is 5.49. The first-order valence-corrected chi connectivity index (χ1v) is 6.91. The van der Waals surface area contributed by atoms with Gasteiger partial charge in [0.25, 0.3) is 0 Å². The molecule has 0 aliphatic carbocycles. The number of aromatic nitrogens is 3. The number of anilines is 3. The Morgan fingerprint density at radius 3 is 0.944 bits per heavy atom. The summed E-state index contributed by atoms with van der Waals surface area (Å²) in [6.07, 6.45) is 3.76. The largest absolute Gasteiger partial charge is 0.340 e. The Bertz CT molecular complexity index is 371. The Balaban J connectivity index is 1.67. The molecule has 3 fully saturated rings. The molecule has 0 saturated carbocycles. The van der Waals surface area contributed by atoms with Crippen molar-refractivity contribution in [3.63, 3.8) is 0 Å². The summed E-state index contributed by atoms with van der Waals surface area (Å²) < 4.78 is 0. The molecule has 4 heterocycles. The minimum Gasteiger partial charge on any atom is -0.340 e. The van der Waals surface area contributed by atoms with Crippen molar-refractivity contribution in [2.75, 3.05) is 54.0 Å². The summed E-state index contributed by atoms with van der Waals surface area (Å²) in [6.45, 7) is 6.52. The molecule has 18 heavy (non-hydrogen) atoms.